The Morgan fingerprint density at radius 2 is 1.61 bits per heavy atom. The molecule has 1 heterocycles. The molecule has 1 saturated heterocycles. The van der Waals surface area contributed by atoms with Crippen LogP contribution in [0.3, 0.4) is 0 Å². The van der Waals surface area contributed by atoms with Crippen LogP contribution >= 0.6 is 0 Å². The third-order valence-corrected chi connectivity index (χ3v) is 5.26. The molecule has 0 spiro atoms. The minimum Gasteiger partial charge on any atom is -0.481 e. The summed E-state index contributed by atoms with van der Waals surface area (Å²) < 4.78 is 0. The molecule has 1 aliphatic heterocycles. The van der Waals surface area contributed by atoms with Gasteiger partial charge in [0.2, 0.25) is 0 Å². The number of hydrogen-bond donors (Lipinski definition) is 3. The van der Waals surface area contributed by atoms with Gasteiger partial charge in [0.15, 0.2) is 0 Å². The molecule has 0 aromatic heterocycles. The molecular weight excluding hydrogens is 408 g/mol. The Kier molecular flexibility index (Phi) is 15.4. The highest BCUT2D eigenvalue weighted by molar-refractivity contribution is 5.66. The first-order chi connectivity index (χ1) is 16.1. The number of carboxylic acid groups (broad SMARTS) is 1. The molecule has 4 N–H and O–H groups in total. The van der Waals surface area contributed by atoms with Crippen molar-refractivity contribution in [1.29, 1.82) is 0 Å². The summed E-state index contributed by atoms with van der Waals surface area (Å²) in [6.45, 7) is 8.68. The average molecular weight is 451 g/mol. The van der Waals surface area contributed by atoms with Crippen molar-refractivity contribution in [3.63, 3.8) is 0 Å². The van der Waals surface area contributed by atoms with Crippen LogP contribution in [0.15, 0.2) is 48.5 Å². The molecule has 1 fully saturated rings. The Labute approximate surface area is 201 Å². The fraction of sp³-hybridized carbons (Fsp3) is 0.483. The van der Waals surface area contributed by atoms with E-state index in [1.54, 1.807) is 0 Å². The Morgan fingerprint density at radius 1 is 1.00 bits per heavy atom. The summed E-state index contributed by atoms with van der Waals surface area (Å²) >= 11 is 0. The second-order valence-electron chi connectivity index (χ2n) is 7.98. The maximum atomic E-state index is 10.6. The summed E-state index contributed by atoms with van der Waals surface area (Å²) in [4.78, 5) is 10.6. The number of benzene rings is 2. The minimum absolute atomic E-state index is 0.286. The molecular formula is C29H42N2O2. The van der Waals surface area contributed by atoms with Gasteiger partial charge in [0.1, 0.15) is 0 Å². The number of aryl methyl sites for hydroxylation is 1. The molecule has 2 aromatic rings. The van der Waals surface area contributed by atoms with Gasteiger partial charge in [-0.2, -0.15) is 0 Å². The summed E-state index contributed by atoms with van der Waals surface area (Å²) in [5, 5.41) is 11.9. The van der Waals surface area contributed by atoms with Crippen molar-refractivity contribution in [2.75, 3.05) is 19.6 Å². The molecule has 4 heteroatoms. The van der Waals surface area contributed by atoms with Crippen LogP contribution in [0.2, 0.25) is 0 Å². The smallest absolute Gasteiger partial charge is 0.303 e. The van der Waals surface area contributed by atoms with E-state index in [-0.39, 0.29) is 6.42 Å². The molecule has 4 nitrogen and oxygen atoms in total. The molecule has 33 heavy (non-hydrogen) atoms. The summed E-state index contributed by atoms with van der Waals surface area (Å²) in [6.07, 6.45) is 6.26. The molecule has 0 radical (unpaired) electrons. The van der Waals surface area contributed by atoms with E-state index in [0.717, 1.165) is 63.7 Å². The highest BCUT2D eigenvalue weighted by Crippen LogP contribution is 2.18. The van der Waals surface area contributed by atoms with Crippen LogP contribution in [0.1, 0.15) is 75.1 Å². The van der Waals surface area contributed by atoms with Gasteiger partial charge in [0.05, 0.1) is 0 Å². The number of nitrogens with two attached hydrogens (primary N) is 1. The van der Waals surface area contributed by atoms with Crippen molar-refractivity contribution >= 4 is 5.97 Å². The van der Waals surface area contributed by atoms with Gasteiger partial charge < -0.3 is 16.2 Å². The van der Waals surface area contributed by atoms with Gasteiger partial charge in [-0.15, -0.1) is 0 Å². The summed E-state index contributed by atoms with van der Waals surface area (Å²) in [6, 6.07) is 17.3. The van der Waals surface area contributed by atoms with Crippen LogP contribution in [0.5, 0.6) is 0 Å². The van der Waals surface area contributed by atoms with E-state index in [0.29, 0.717) is 5.92 Å². The van der Waals surface area contributed by atoms with Crippen molar-refractivity contribution in [2.45, 2.75) is 65.7 Å². The largest absolute Gasteiger partial charge is 0.481 e. The maximum Gasteiger partial charge on any atom is 0.303 e. The molecule has 0 bridgehead atoms. The molecule has 180 valence electrons. The summed E-state index contributed by atoms with van der Waals surface area (Å²) in [7, 11) is 0. The third-order valence-electron chi connectivity index (χ3n) is 5.26. The van der Waals surface area contributed by atoms with Crippen LogP contribution in [0.4, 0.5) is 0 Å². The van der Waals surface area contributed by atoms with Gasteiger partial charge in [0, 0.05) is 31.0 Å². The first-order valence-electron chi connectivity index (χ1n) is 12.4. The predicted octanol–water partition coefficient (Wildman–Crippen LogP) is 5.42. The summed E-state index contributed by atoms with van der Waals surface area (Å²) in [5.74, 6) is 6.40. The van der Waals surface area contributed by atoms with Crippen molar-refractivity contribution in [3.05, 3.63) is 70.8 Å². The fourth-order valence-corrected chi connectivity index (χ4v) is 3.42. The monoisotopic (exact) mass is 450 g/mol. The highest BCUT2D eigenvalue weighted by atomic mass is 16.4. The Bertz CT molecular complexity index is 846. The standard InChI is InChI=1S/C25H29NO2.C2H7N.C2H6/c27-25(28)10-4-2-1-3-7-23-8-5-6-9-24(23)17-21-14-11-20(12-15-21)13-16-22-18-26-19-22;1-2-3;1-2/h5-6,8-9,11-12,14-15,22,26H,1-4,7,10,17-19H2,(H,27,28);2-3H2,1H3;1-2H3. The Balaban J connectivity index is 0.00000101. The maximum absolute atomic E-state index is 10.6. The molecule has 0 atom stereocenters. The van der Waals surface area contributed by atoms with E-state index in [9.17, 15) is 4.79 Å². The molecule has 3 rings (SSSR count). The van der Waals surface area contributed by atoms with E-state index >= 15 is 0 Å². The zero-order valence-corrected chi connectivity index (χ0v) is 20.7. The number of aliphatic carboxylic acids is 1. The lowest BCUT2D eigenvalue weighted by molar-refractivity contribution is -0.137. The summed E-state index contributed by atoms with van der Waals surface area (Å²) in [5.41, 5.74) is 10.0. The second kappa shape index (κ2) is 17.9. The van der Waals surface area contributed by atoms with Crippen molar-refractivity contribution in [1.82, 2.24) is 5.32 Å². The van der Waals surface area contributed by atoms with Gasteiger partial charge in [-0.1, -0.05) is 81.9 Å². The van der Waals surface area contributed by atoms with Crippen LogP contribution in [-0.2, 0) is 17.6 Å². The topological polar surface area (TPSA) is 75.4 Å². The van der Waals surface area contributed by atoms with Crippen molar-refractivity contribution in [2.24, 2.45) is 11.7 Å². The number of hydrogen-bond acceptors (Lipinski definition) is 3. The molecule has 1 aliphatic rings. The van der Waals surface area contributed by atoms with Crippen LogP contribution < -0.4 is 11.1 Å². The molecule has 0 amide bonds. The van der Waals surface area contributed by atoms with Gasteiger partial charge in [-0.25, -0.2) is 0 Å². The Morgan fingerprint density at radius 3 is 2.18 bits per heavy atom. The van der Waals surface area contributed by atoms with E-state index in [4.69, 9.17) is 10.8 Å². The number of carbonyl (C=O) groups is 1. The second-order valence-corrected chi connectivity index (χ2v) is 7.98. The first-order valence-corrected chi connectivity index (χ1v) is 12.4. The zero-order valence-electron chi connectivity index (χ0n) is 20.7. The minimum atomic E-state index is -0.692. The van der Waals surface area contributed by atoms with Gasteiger partial charge in [-0.3, -0.25) is 4.79 Å². The third kappa shape index (κ3) is 12.3. The van der Waals surface area contributed by atoms with E-state index < -0.39 is 5.97 Å². The quantitative estimate of drug-likeness (QED) is 0.352. The lowest BCUT2D eigenvalue weighted by atomic mass is 9.95. The first kappa shape index (κ1) is 28.4. The highest BCUT2D eigenvalue weighted by Gasteiger charge is 2.12. The van der Waals surface area contributed by atoms with E-state index in [1.807, 2.05) is 20.8 Å². The van der Waals surface area contributed by atoms with Crippen LogP contribution in [0, 0.1) is 17.8 Å². The molecule has 0 aliphatic carbocycles. The normalized spacial score (nSPS) is 12.1. The lowest BCUT2D eigenvalue weighted by Gasteiger charge is -2.21. The number of rotatable bonds is 9. The zero-order chi connectivity index (χ0) is 24.3. The van der Waals surface area contributed by atoms with Gasteiger partial charge in [0.25, 0.3) is 0 Å². The van der Waals surface area contributed by atoms with Crippen molar-refractivity contribution < 1.29 is 9.90 Å². The number of carboxylic acids is 1. The van der Waals surface area contributed by atoms with Crippen LogP contribution in [-0.4, -0.2) is 30.7 Å². The number of nitrogens with one attached hydrogen (secondary N) is 1. The van der Waals surface area contributed by atoms with Crippen LogP contribution in [0.25, 0.3) is 0 Å². The van der Waals surface area contributed by atoms with E-state index in [1.165, 1.54) is 16.7 Å². The van der Waals surface area contributed by atoms with Crippen molar-refractivity contribution in [3.8, 4) is 11.8 Å². The fourth-order valence-electron chi connectivity index (χ4n) is 3.42. The van der Waals surface area contributed by atoms with E-state index in [2.05, 4.69) is 65.7 Å². The van der Waals surface area contributed by atoms with Gasteiger partial charge >= 0.3 is 5.97 Å². The van der Waals surface area contributed by atoms with Gasteiger partial charge in [-0.05, 0) is 61.1 Å². The molecule has 2 aromatic carbocycles. The predicted molar refractivity (Wildman–Crippen MR) is 139 cm³/mol. The number of unbranched alkanes of at least 4 members (excludes halogenated alkanes) is 3. The molecule has 0 unspecified atom stereocenters. The lowest BCUT2D eigenvalue weighted by Crippen LogP contribution is -2.40. The average Bonchev–Trinajstić information content (AvgIpc) is 2.79. The Hall–Kier alpha value is -2.61. The molecule has 0 saturated carbocycles. The SMILES string of the molecule is CC.CCN.O=C(O)CCCCCCc1ccccc1Cc1ccc(C#CC2CNC2)cc1.